The number of hydrogen-bond acceptors (Lipinski definition) is 5. The van der Waals surface area contributed by atoms with Crippen molar-refractivity contribution < 1.29 is 19.0 Å². The summed E-state index contributed by atoms with van der Waals surface area (Å²) in [5, 5.41) is 0. The second-order valence-electron chi connectivity index (χ2n) is 7.23. The fourth-order valence-electron chi connectivity index (χ4n) is 3.76. The van der Waals surface area contributed by atoms with Gasteiger partial charge in [-0.05, 0) is 33.2 Å². The molecule has 1 amide bonds. The first-order valence-electron chi connectivity index (χ1n) is 9.29. The van der Waals surface area contributed by atoms with E-state index in [1.807, 2.05) is 7.05 Å². The minimum absolute atomic E-state index is 0.138. The van der Waals surface area contributed by atoms with Crippen molar-refractivity contribution >= 4 is 6.09 Å². The summed E-state index contributed by atoms with van der Waals surface area (Å²) in [5.41, 5.74) is 0. The molecule has 2 aliphatic rings. The lowest BCUT2D eigenvalue weighted by Gasteiger charge is -2.38. The van der Waals surface area contributed by atoms with Crippen LogP contribution in [0.25, 0.3) is 0 Å². The first-order valence-corrected chi connectivity index (χ1v) is 9.29. The number of nitrogens with zero attached hydrogens (tertiary/aromatic N) is 2. The Balaban J connectivity index is 1.69. The third kappa shape index (κ3) is 5.60. The molecule has 1 aliphatic carbocycles. The summed E-state index contributed by atoms with van der Waals surface area (Å²) in [7, 11) is 5.63. The van der Waals surface area contributed by atoms with Crippen LogP contribution in [0.15, 0.2) is 0 Å². The first-order chi connectivity index (χ1) is 11.5. The summed E-state index contributed by atoms with van der Waals surface area (Å²) < 4.78 is 16.5. The average Bonchev–Trinajstić information content (AvgIpc) is 2.60. The van der Waals surface area contributed by atoms with Crippen molar-refractivity contribution in [2.75, 3.05) is 34.4 Å². The Labute approximate surface area is 146 Å². The van der Waals surface area contributed by atoms with Crippen molar-refractivity contribution in [3.63, 3.8) is 0 Å². The summed E-state index contributed by atoms with van der Waals surface area (Å²) in [5.74, 6) is 0. The molecule has 0 spiro atoms. The molecule has 1 aliphatic heterocycles. The molecule has 1 saturated heterocycles. The van der Waals surface area contributed by atoms with Crippen LogP contribution >= 0.6 is 0 Å². The second-order valence-corrected chi connectivity index (χ2v) is 7.23. The van der Waals surface area contributed by atoms with Gasteiger partial charge in [-0.3, -0.25) is 4.90 Å². The molecule has 2 rings (SSSR count). The number of likely N-dealkylation sites (N-methyl/N-ethyl adjacent to an activating group) is 1. The minimum Gasteiger partial charge on any atom is -0.448 e. The van der Waals surface area contributed by atoms with Gasteiger partial charge in [0.15, 0.2) is 6.29 Å². The topological polar surface area (TPSA) is 51.2 Å². The van der Waals surface area contributed by atoms with Gasteiger partial charge >= 0.3 is 6.09 Å². The second kappa shape index (κ2) is 9.59. The number of amides is 1. The van der Waals surface area contributed by atoms with Crippen LogP contribution in [0, 0.1) is 0 Å². The van der Waals surface area contributed by atoms with Gasteiger partial charge in [-0.25, -0.2) is 4.79 Å². The zero-order valence-corrected chi connectivity index (χ0v) is 15.7. The van der Waals surface area contributed by atoms with E-state index in [2.05, 4.69) is 18.9 Å². The highest BCUT2D eigenvalue weighted by Crippen LogP contribution is 2.24. The van der Waals surface area contributed by atoms with Crippen molar-refractivity contribution in [2.45, 2.75) is 76.3 Å². The molecule has 1 saturated carbocycles. The van der Waals surface area contributed by atoms with Gasteiger partial charge in [0, 0.05) is 39.2 Å². The van der Waals surface area contributed by atoms with Crippen molar-refractivity contribution in [3.05, 3.63) is 0 Å². The number of hydrogen-bond donors (Lipinski definition) is 0. The lowest BCUT2D eigenvalue weighted by Crippen LogP contribution is -2.45. The van der Waals surface area contributed by atoms with E-state index in [1.54, 1.807) is 12.0 Å². The molecule has 0 aromatic heterocycles. The SMILES string of the molecule is CO[C@H]1C[C@@H](N(C)CCOC(=O)N(C)C2CCCCC2)C[C@@H](C)O1. The molecule has 140 valence electrons. The Morgan fingerprint density at radius 1 is 1.12 bits per heavy atom. The lowest BCUT2D eigenvalue weighted by molar-refractivity contribution is -0.190. The average molecular weight is 342 g/mol. The number of methoxy groups -OCH3 is 1. The Hall–Kier alpha value is -0.850. The predicted molar refractivity (Wildman–Crippen MR) is 93.0 cm³/mol. The lowest BCUT2D eigenvalue weighted by atomic mass is 9.95. The van der Waals surface area contributed by atoms with E-state index in [9.17, 15) is 4.79 Å². The number of carbonyl (C=O) groups excluding carboxylic acids is 1. The summed E-state index contributed by atoms with van der Waals surface area (Å²) in [6, 6.07) is 0.747. The monoisotopic (exact) mass is 342 g/mol. The molecule has 24 heavy (non-hydrogen) atoms. The maximum atomic E-state index is 12.2. The molecular formula is C18H34N2O4. The van der Waals surface area contributed by atoms with Gasteiger partial charge in [0.1, 0.15) is 6.61 Å². The van der Waals surface area contributed by atoms with Gasteiger partial charge in [-0.2, -0.15) is 0 Å². The zero-order valence-electron chi connectivity index (χ0n) is 15.7. The van der Waals surface area contributed by atoms with Gasteiger partial charge in [-0.15, -0.1) is 0 Å². The number of ether oxygens (including phenoxy) is 3. The van der Waals surface area contributed by atoms with E-state index in [0.717, 1.165) is 32.2 Å². The number of rotatable bonds is 6. The molecular weight excluding hydrogens is 308 g/mol. The molecule has 0 bridgehead atoms. The molecule has 6 heteroatoms. The van der Waals surface area contributed by atoms with Gasteiger partial charge < -0.3 is 19.1 Å². The largest absolute Gasteiger partial charge is 0.448 e. The van der Waals surface area contributed by atoms with Crippen molar-refractivity contribution in [3.8, 4) is 0 Å². The molecule has 0 aromatic carbocycles. The fraction of sp³-hybridized carbons (Fsp3) is 0.944. The van der Waals surface area contributed by atoms with Crippen LogP contribution in [0.4, 0.5) is 4.79 Å². The van der Waals surface area contributed by atoms with Gasteiger partial charge in [0.25, 0.3) is 0 Å². The Bertz CT molecular complexity index is 387. The molecule has 0 radical (unpaired) electrons. The van der Waals surface area contributed by atoms with Gasteiger partial charge in [-0.1, -0.05) is 19.3 Å². The first kappa shape index (κ1) is 19.5. The fourth-order valence-corrected chi connectivity index (χ4v) is 3.76. The highest BCUT2D eigenvalue weighted by Gasteiger charge is 2.29. The smallest absolute Gasteiger partial charge is 0.409 e. The summed E-state index contributed by atoms with van der Waals surface area (Å²) in [6.07, 6.45) is 7.62. The summed E-state index contributed by atoms with van der Waals surface area (Å²) >= 11 is 0. The van der Waals surface area contributed by atoms with E-state index in [1.165, 1.54) is 19.3 Å². The Morgan fingerprint density at radius 3 is 2.50 bits per heavy atom. The highest BCUT2D eigenvalue weighted by atomic mass is 16.7. The van der Waals surface area contributed by atoms with Crippen LogP contribution in [0.3, 0.4) is 0 Å². The summed E-state index contributed by atoms with van der Waals surface area (Å²) in [4.78, 5) is 16.2. The minimum atomic E-state index is -0.189. The van der Waals surface area contributed by atoms with E-state index >= 15 is 0 Å². The van der Waals surface area contributed by atoms with Crippen molar-refractivity contribution in [2.24, 2.45) is 0 Å². The standard InChI is InChI=1S/C18H34N2O4/c1-14-12-16(13-17(22-4)24-14)19(2)10-11-23-18(21)20(3)15-8-6-5-7-9-15/h14-17H,5-13H2,1-4H3/t14-,16+,17-/m1/s1. The molecule has 1 heterocycles. The third-order valence-electron chi connectivity index (χ3n) is 5.42. The highest BCUT2D eigenvalue weighted by molar-refractivity contribution is 5.67. The normalized spacial score (nSPS) is 28.8. The predicted octanol–water partition coefficient (Wildman–Crippen LogP) is 2.86. The molecule has 0 N–H and O–H groups in total. The molecule has 0 aromatic rings. The van der Waals surface area contributed by atoms with E-state index in [4.69, 9.17) is 14.2 Å². The van der Waals surface area contributed by atoms with E-state index < -0.39 is 0 Å². The van der Waals surface area contributed by atoms with Crippen LogP contribution in [-0.2, 0) is 14.2 Å². The molecule has 0 unspecified atom stereocenters. The molecule has 2 fully saturated rings. The van der Waals surface area contributed by atoms with Crippen LogP contribution in [0.1, 0.15) is 51.9 Å². The Morgan fingerprint density at radius 2 is 1.83 bits per heavy atom. The van der Waals surface area contributed by atoms with Gasteiger partial charge in [0.05, 0.1) is 6.10 Å². The maximum Gasteiger partial charge on any atom is 0.409 e. The van der Waals surface area contributed by atoms with Crippen LogP contribution in [0.5, 0.6) is 0 Å². The van der Waals surface area contributed by atoms with E-state index in [0.29, 0.717) is 18.7 Å². The van der Waals surface area contributed by atoms with Crippen LogP contribution < -0.4 is 0 Å². The zero-order chi connectivity index (χ0) is 17.5. The summed E-state index contributed by atoms with van der Waals surface area (Å²) in [6.45, 7) is 3.24. The quantitative estimate of drug-likeness (QED) is 0.743. The van der Waals surface area contributed by atoms with E-state index in [-0.39, 0.29) is 18.5 Å². The third-order valence-corrected chi connectivity index (χ3v) is 5.42. The number of carbonyl (C=O) groups is 1. The van der Waals surface area contributed by atoms with Crippen LogP contribution in [-0.4, -0.2) is 74.7 Å². The van der Waals surface area contributed by atoms with Crippen molar-refractivity contribution in [1.82, 2.24) is 9.80 Å². The van der Waals surface area contributed by atoms with Gasteiger partial charge in [0.2, 0.25) is 0 Å². The Kier molecular flexibility index (Phi) is 7.78. The molecule has 6 nitrogen and oxygen atoms in total. The maximum absolute atomic E-state index is 12.2. The molecule has 3 atom stereocenters. The van der Waals surface area contributed by atoms with Crippen LogP contribution in [0.2, 0.25) is 0 Å². The van der Waals surface area contributed by atoms with Crippen molar-refractivity contribution in [1.29, 1.82) is 0 Å².